The first-order valence-corrected chi connectivity index (χ1v) is 14.1. The van der Waals surface area contributed by atoms with Crippen LogP contribution in [-0.4, -0.2) is 35.2 Å². The van der Waals surface area contributed by atoms with Crippen LogP contribution in [0.25, 0.3) is 0 Å². The predicted octanol–water partition coefficient (Wildman–Crippen LogP) is 8.81. The number of halogens is 10. The number of carboxylic acids is 1. The number of carboxylic acid groups (broad SMARTS) is 1. The zero-order valence-corrected chi connectivity index (χ0v) is 19.7. The zero-order chi connectivity index (χ0) is 27.3. The Bertz CT molecular complexity index is 1110. The van der Waals surface area contributed by atoms with Crippen LogP contribution in [0.2, 0.25) is 0 Å². The summed E-state index contributed by atoms with van der Waals surface area (Å²) in [4.78, 5) is 6.52. The molecule has 3 rings (SSSR count). The van der Waals surface area contributed by atoms with Gasteiger partial charge in [0, 0.05) is 0 Å². The summed E-state index contributed by atoms with van der Waals surface area (Å²) in [5.74, 6) is -1.21. The average Bonchev–Trinajstić information content (AvgIpc) is 2.69. The number of nitrogens with zero attached hydrogens (tertiary/aromatic N) is 1. The second-order valence-corrected chi connectivity index (χ2v) is 13.3. The molecule has 0 unspecified atom stereocenters. The van der Waals surface area contributed by atoms with Gasteiger partial charge in [-0.05, 0) is 48.7 Å². The molecule has 36 heavy (non-hydrogen) atoms. The van der Waals surface area contributed by atoms with Crippen LogP contribution in [0, 0.1) is 0 Å². The van der Waals surface area contributed by atoms with Crippen molar-refractivity contribution >= 4 is 26.4 Å². The molecule has 206 valence electrons. The topological polar surface area (TPSA) is 49.8 Å². The van der Waals surface area contributed by atoms with Crippen LogP contribution in [0.15, 0.2) is 58.3 Å². The van der Waals surface area contributed by atoms with Gasteiger partial charge in [-0.3, -0.25) is 9.69 Å². The quantitative estimate of drug-likeness (QED) is 0.319. The number of likely N-dealkylation sites (tertiary alicyclic amines) is 1. The molecule has 0 saturated carbocycles. The van der Waals surface area contributed by atoms with Gasteiger partial charge in [0.05, 0.1) is 25.3 Å². The van der Waals surface area contributed by atoms with Gasteiger partial charge in [0.1, 0.15) is 9.79 Å². The summed E-state index contributed by atoms with van der Waals surface area (Å²) in [5, 5.41) is 9.20. The van der Waals surface area contributed by atoms with E-state index < -0.39 is 73.1 Å². The highest BCUT2D eigenvalue weighted by Gasteiger charge is 2.69. The van der Waals surface area contributed by atoms with E-state index in [1.807, 2.05) is 0 Å². The summed E-state index contributed by atoms with van der Waals surface area (Å²) in [6, 6.07) is 5.30. The Balaban J connectivity index is 2.01. The maximum Gasteiger partial charge on any atom is 0.317 e. The van der Waals surface area contributed by atoms with Crippen molar-refractivity contribution in [2.75, 3.05) is 13.1 Å². The number of rotatable bonds is 8. The second kappa shape index (κ2) is 7.68. The van der Waals surface area contributed by atoms with E-state index in [1.54, 1.807) is 30.3 Å². The Morgan fingerprint density at radius 3 is 1.89 bits per heavy atom. The molecule has 16 heteroatoms. The lowest BCUT2D eigenvalue weighted by atomic mass is 9.92. The van der Waals surface area contributed by atoms with E-state index in [2.05, 4.69) is 0 Å². The highest BCUT2D eigenvalue weighted by atomic mass is 32.5. The van der Waals surface area contributed by atoms with Crippen molar-refractivity contribution in [2.24, 2.45) is 0 Å². The van der Waals surface area contributed by atoms with Gasteiger partial charge in [0.25, 0.3) is 0 Å². The molecule has 0 aromatic heterocycles. The van der Waals surface area contributed by atoms with Crippen molar-refractivity contribution in [2.45, 2.75) is 41.4 Å². The van der Waals surface area contributed by atoms with Crippen molar-refractivity contribution in [3.05, 3.63) is 59.7 Å². The molecule has 1 aliphatic heterocycles. The lowest BCUT2D eigenvalue weighted by molar-refractivity contribution is -0.141. The molecular weight excluding hydrogens is 556 g/mol. The molecule has 1 heterocycles. The summed E-state index contributed by atoms with van der Waals surface area (Å²) in [7, 11) is -21.6. The van der Waals surface area contributed by atoms with Crippen molar-refractivity contribution in [3.63, 3.8) is 0 Å². The Labute approximate surface area is 199 Å². The van der Waals surface area contributed by atoms with Gasteiger partial charge in [0.15, 0.2) is 0 Å². The van der Waals surface area contributed by atoms with Gasteiger partial charge < -0.3 is 9.84 Å². The molecule has 0 radical (unpaired) electrons. The SMILES string of the molecule is O=C(O)CN1CCC[C@H](OCc2cc(S(F)(F)(F)(F)F)cc(S(F)(F)(F)(F)F)c2)[C@@H]1c1ccccc1. The van der Waals surface area contributed by atoms with Gasteiger partial charge in [-0.15, -0.1) is 0 Å². The number of aliphatic carboxylic acids is 1. The zero-order valence-electron chi connectivity index (χ0n) is 18.1. The van der Waals surface area contributed by atoms with Gasteiger partial charge in [-0.1, -0.05) is 69.2 Å². The third kappa shape index (κ3) is 7.20. The number of carbonyl (C=O) groups is 1. The van der Waals surface area contributed by atoms with Gasteiger partial charge in [-0.25, -0.2) is 0 Å². The van der Waals surface area contributed by atoms with E-state index in [0.717, 1.165) is 0 Å². The highest BCUT2D eigenvalue weighted by molar-refractivity contribution is 8.46. The fourth-order valence-corrected chi connectivity index (χ4v) is 5.51. The number of hydrogen-bond donors (Lipinski definition) is 1. The van der Waals surface area contributed by atoms with Crippen LogP contribution in [0.1, 0.15) is 30.0 Å². The lowest BCUT2D eigenvalue weighted by Gasteiger charge is -2.44. The second-order valence-electron chi connectivity index (χ2n) is 8.46. The van der Waals surface area contributed by atoms with Crippen molar-refractivity contribution in [1.82, 2.24) is 4.90 Å². The molecule has 2 aromatic rings. The standard InChI is InChI=1S/C20H21F10NO3S2/c21-35(22,23,24,25)16-9-14(10-17(11-16)36(26,27,28,29)30)13-34-18-7-4-8-31(12-19(32)33)20(18)15-5-2-1-3-6-15/h1-3,5-6,9-11,18,20H,4,7-8,12-13H2,(H,32,33)/t18-,20-/m0/s1. The van der Waals surface area contributed by atoms with Crippen LogP contribution in [0.4, 0.5) is 38.9 Å². The first-order valence-electron chi connectivity index (χ1n) is 10.2. The molecule has 1 N–H and O–H groups in total. The smallest absolute Gasteiger partial charge is 0.317 e. The molecule has 1 fully saturated rings. The largest absolute Gasteiger partial charge is 0.480 e. The average molecular weight is 578 g/mol. The normalized spacial score (nSPS) is 23.7. The monoisotopic (exact) mass is 577 g/mol. The number of piperidine rings is 1. The summed E-state index contributed by atoms with van der Waals surface area (Å²) in [6.07, 6.45) is -0.470. The molecule has 1 saturated heterocycles. The molecule has 2 atom stereocenters. The van der Waals surface area contributed by atoms with E-state index in [9.17, 15) is 48.8 Å². The van der Waals surface area contributed by atoms with E-state index >= 15 is 0 Å². The molecule has 1 aliphatic rings. The van der Waals surface area contributed by atoms with E-state index in [0.29, 0.717) is 12.0 Å². The number of hydrogen-bond acceptors (Lipinski definition) is 3. The third-order valence-electron chi connectivity index (χ3n) is 5.45. The minimum atomic E-state index is -10.8. The van der Waals surface area contributed by atoms with Crippen molar-refractivity contribution in [3.8, 4) is 0 Å². The minimum absolute atomic E-state index is 0.186. The van der Waals surface area contributed by atoms with Gasteiger partial charge in [0.2, 0.25) is 0 Å². The Kier molecular flexibility index (Phi) is 6.06. The molecule has 0 aliphatic carbocycles. The number of benzene rings is 2. The molecular formula is C20H21F10NO3S2. The maximum absolute atomic E-state index is 13.3. The van der Waals surface area contributed by atoms with Crippen LogP contribution >= 0.6 is 20.4 Å². The van der Waals surface area contributed by atoms with E-state index in [4.69, 9.17) is 4.74 Å². The summed E-state index contributed by atoms with van der Waals surface area (Å²) in [5.41, 5.74) is -0.664. The molecule has 2 aromatic carbocycles. The lowest BCUT2D eigenvalue weighted by Crippen LogP contribution is -2.45. The molecule has 0 bridgehead atoms. The van der Waals surface area contributed by atoms with Gasteiger partial charge in [-0.2, -0.15) is 0 Å². The Morgan fingerprint density at radius 2 is 1.42 bits per heavy atom. The van der Waals surface area contributed by atoms with E-state index in [-0.39, 0.29) is 25.1 Å². The Morgan fingerprint density at radius 1 is 0.889 bits per heavy atom. The molecule has 4 nitrogen and oxygen atoms in total. The predicted molar refractivity (Wildman–Crippen MR) is 115 cm³/mol. The Hall–Kier alpha value is -2.17. The first kappa shape index (κ1) is 28.4. The van der Waals surface area contributed by atoms with Crippen LogP contribution < -0.4 is 0 Å². The van der Waals surface area contributed by atoms with Crippen LogP contribution in [0.3, 0.4) is 0 Å². The maximum atomic E-state index is 13.3. The van der Waals surface area contributed by atoms with Crippen LogP contribution in [0.5, 0.6) is 0 Å². The fourth-order valence-electron chi connectivity index (χ4n) is 3.99. The molecule has 0 spiro atoms. The number of ether oxygens (including phenoxy) is 1. The summed E-state index contributed by atoms with van der Waals surface area (Å²) >= 11 is 0. The van der Waals surface area contributed by atoms with Crippen molar-refractivity contribution < 1.29 is 53.5 Å². The first-order chi connectivity index (χ1) is 15.9. The highest BCUT2D eigenvalue weighted by Crippen LogP contribution is 3.05. The van der Waals surface area contributed by atoms with Crippen molar-refractivity contribution in [1.29, 1.82) is 0 Å². The van der Waals surface area contributed by atoms with Crippen LogP contribution in [-0.2, 0) is 16.1 Å². The third-order valence-corrected chi connectivity index (χ3v) is 7.71. The summed E-state index contributed by atoms with van der Waals surface area (Å²) in [6.45, 7) is -1.33. The van der Waals surface area contributed by atoms with Gasteiger partial charge >= 0.3 is 26.4 Å². The molecule has 0 amide bonds. The summed E-state index contributed by atoms with van der Waals surface area (Å²) < 4.78 is 138. The fraction of sp³-hybridized carbons (Fsp3) is 0.350. The minimum Gasteiger partial charge on any atom is -0.480 e. The van der Waals surface area contributed by atoms with E-state index in [1.165, 1.54) is 4.90 Å².